The molecule has 5 aromatic carbocycles. The predicted octanol–water partition coefficient (Wildman–Crippen LogP) is 11.9. The summed E-state index contributed by atoms with van der Waals surface area (Å²) in [5, 5.41) is 80.2. The van der Waals surface area contributed by atoms with E-state index in [4.69, 9.17) is 72.3 Å². The number of piperidine rings is 1. The van der Waals surface area contributed by atoms with E-state index in [0.717, 1.165) is 77.3 Å². The second-order valence-electron chi connectivity index (χ2n) is 29.6. The molecule has 108 heavy (non-hydrogen) atoms. The van der Waals surface area contributed by atoms with Gasteiger partial charge < -0.3 is 80.3 Å². The number of phenolic OH excluding ortho intramolecular Hbond substituents is 2. The number of para-hydroxylation sites is 2. The Bertz CT molecular complexity index is 4580. The highest BCUT2D eigenvalue weighted by Crippen LogP contribution is 2.50. The zero-order valence-corrected chi connectivity index (χ0v) is 66.2. The molecule has 0 saturated carbocycles. The Balaban J connectivity index is 0.000000236. The van der Waals surface area contributed by atoms with Gasteiger partial charge in [0.05, 0.1) is 87.6 Å². The van der Waals surface area contributed by atoms with Crippen LogP contribution in [0.25, 0.3) is 38.9 Å². The van der Waals surface area contributed by atoms with E-state index in [1.165, 1.54) is 27.2 Å². The van der Waals surface area contributed by atoms with Crippen LogP contribution in [0.1, 0.15) is 132 Å². The highest BCUT2D eigenvalue weighted by molar-refractivity contribution is 6.31. The molecule has 6 aliphatic rings. The standard InChI is InChI=1S/C46H62N4O11.C27H22Cl2N4.C10H24N2O2/c1-22(2)21-50-18-16-46(17-19-50)48-34-31-32-39(54)28(8)42-33(31)43(56)45(10,61-42)59-20-15-30(58-11)25(5)41(60-29(9)51)27(7)38(53)26(6)37(52)23(3)13-12-14-24(4)44(57)47-36(40(32)55)35(34)49-46;1-17(2)30-24-16-27-25(15-23(24)31-20-11-7-18(28)8-12-20)32-22-5-3-4-6-26(22)33(27)21-13-9-19(29)10-14-21;1-3-9(7-13)11-5-6-12-10(4-2)8-14/h12-15,20,22-23,25-27,30,37-38,41,52-55H,16-19,21H2,1-11H3,(H,47,57);3-17,31H,1-2H3;9-14H,3-8H2,1-2H3/b13-12+,20-15+,24-14-;;/t23-,25+,26+,27+,30-,37-,38+,41+,45-;;9-,10-/m0.0/s1. The summed E-state index contributed by atoms with van der Waals surface area (Å²) < 4.78 is 26.2. The number of nitrogens with zero attached hydrogens (tertiary/aromatic N) is 6. The van der Waals surface area contributed by atoms with Crippen LogP contribution in [-0.2, 0) is 23.8 Å². The van der Waals surface area contributed by atoms with Crippen molar-refractivity contribution in [2.24, 2.45) is 44.6 Å². The molecule has 11 rings (SSSR count). The Morgan fingerprint density at radius 3 is 2.02 bits per heavy atom. The maximum Gasteiger partial charge on any atom is 0.312 e. The fourth-order valence-corrected chi connectivity index (χ4v) is 14.6. The first-order valence-corrected chi connectivity index (χ1v) is 38.2. The number of ether oxygens (including phenoxy) is 4. The van der Waals surface area contributed by atoms with Gasteiger partial charge in [-0.1, -0.05) is 109 Å². The number of carbonyl (C=O) groups excluding carboxylic acids is 3. The van der Waals surface area contributed by atoms with Crippen molar-refractivity contribution in [3.63, 3.8) is 0 Å². The molecule has 11 atom stereocenters. The molecule has 582 valence electrons. The minimum atomic E-state index is -1.96. The average Bonchev–Trinajstić information content (AvgIpc) is 1.52. The summed E-state index contributed by atoms with van der Waals surface area (Å²) in [6.45, 7) is 29.8. The van der Waals surface area contributed by atoms with Crippen LogP contribution in [0.5, 0.6) is 17.2 Å². The number of aromatic hydroxyl groups is 2. The molecular weight excluding hydrogens is 1420 g/mol. The van der Waals surface area contributed by atoms with Crippen LogP contribution >= 0.6 is 23.2 Å². The van der Waals surface area contributed by atoms with Crippen LogP contribution in [0.4, 0.5) is 17.1 Å². The number of aliphatic hydroxyl groups excluding tert-OH is 4. The Morgan fingerprint density at radius 2 is 1.43 bits per heavy atom. The number of hydrogen-bond acceptors (Lipinski definition) is 21. The third-order valence-corrected chi connectivity index (χ3v) is 21.1. The van der Waals surface area contributed by atoms with Gasteiger partial charge in [-0.25, -0.2) is 4.98 Å². The first-order chi connectivity index (χ1) is 51.4. The van der Waals surface area contributed by atoms with Crippen molar-refractivity contribution >= 4 is 79.7 Å². The highest BCUT2D eigenvalue weighted by Gasteiger charge is 2.50. The number of carbonyl (C=O) groups is 3. The molecule has 1 fully saturated rings. The van der Waals surface area contributed by atoms with E-state index in [1.807, 2.05) is 80.6 Å². The number of rotatable bonds is 17. The Hall–Kier alpha value is -8.33. The van der Waals surface area contributed by atoms with E-state index in [-0.39, 0.29) is 86.7 Å². The second-order valence-corrected chi connectivity index (χ2v) is 30.4. The van der Waals surface area contributed by atoms with E-state index >= 15 is 0 Å². The first kappa shape index (κ1) is 83.7. The van der Waals surface area contributed by atoms with Crippen molar-refractivity contribution < 1.29 is 64.0 Å². The number of Topliss-reactive ketones (excluding diaryl/α,β-unsaturated/α-hetero) is 1. The molecule has 25 heteroatoms. The van der Waals surface area contributed by atoms with Crippen molar-refractivity contribution in [1.82, 2.24) is 25.1 Å². The van der Waals surface area contributed by atoms with Crippen LogP contribution in [0.2, 0.25) is 10.0 Å². The van der Waals surface area contributed by atoms with E-state index < -0.39 is 82.9 Å². The van der Waals surface area contributed by atoms with E-state index in [9.17, 15) is 34.8 Å². The number of amides is 1. The van der Waals surface area contributed by atoms with Crippen molar-refractivity contribution in [3.05, 3.63) is 158 Å². The summed E-state index contributed by atoms with van der Waals surface area (Å²) in [6, 6.07) is 28.3. The molecule has 23 nitrogen and oxygen atoms in total. The molecule has 4 bridgehead atoms. The average molecular weight is 1520 g/mol. The number of allylic oxidation sites excluding steroid dienone is 2. The smallest absolute Gasteiger partial charge is 0.312 e. The molecule has 10 N–H and O–H groups in total. The number of aliphatic hydroxyl groups is 4. The number of benzene rings is 6. The molecule has 1 amide bonds. The molecule has 1 aliphatic carbocycles. The molecule has 5 aliphatic heterocycles. The zero-order chi connectivity index (χ0) is 78.6. The number of likely N-dealkylation sites (tertiary alicyclic amines) is 1. The summed E-state index contributed by atoms with van der Waals surface area (Å²) in [4.78, 5) is 63.5. The fourth-order valence-electron chi connectivity index (χ4n) is 14.3. The number of halogens is 2. The predicted molar refractivity (Wildman–Crippen MR) is 424 cm³/mol. The number of ketones is 1. The maximum absolute atomic E-state index is 14.7. The summed E-state index contributed by atoms with van der Waals surface area (Å²) >= 11 is 12.2. The van der Waals surface area contributed by atoms with Gasteiger partial charge in [0.2, 0.25) is 0 Å². The molecule has 5 aromatic rings. The van der Waals surface area contributed by atoms with Gasteiger partial charge >= 0.3 is 11.8 Å². The summed E-state index contributed by atoms with van der Waals surface area (Å²) in [7, 11) is 1.47. The Kier molecular flexibility index (Phi) is 28.6. The van der Waals surface area contributed by atoms with Gasteiger partial charge in [-0.3, -0.25) is 29.4 Å². The largest absolute Gasteiger partial charge is 0.507 e. The van der Waals surface area contributed by atoms with Gasteiger partial charge in [0.15, 0.2) is 11.4 Å². The van der Waals surface area contributed by atoms with Gasteiger partial charge in [0.25, 0.3) is 11.7 Å². The van der Waals surface area contributed by atoms with Gasteiger partial charge in [-0.15, -0.1) is 0 Å². The number of aromatic nitrogens is 2. The van der Waals surface area contributed by atoms with Crippen LogP contribution in [0.15, 0.2) is 136 Å². The number of anilines is 3. The second kappa shape index (κ2) is 36.9. The number of nitrogens with one attached hydrogen (secondary N) is 4. The third-order valence-electron chi connectivity index (χ3n) is 20.6. The number of fused-ring (bicyclic) bond motifs is 3. The molecule has 0 radical (unpaired) electrons. The van der Waals surface area contributed by atoms with Gasteiger partial charge in [0.1, 0.15) is 28.6 Å². The molecule has 5 heterocycles. The van der Waals surface area contributed by atoms with Crippen molar-refractivity contribution in [3.8, 4) is 34.3 Å². The van der Waals surface area contributed by atoms with E-state index in [0.29, 0.717) is 41.9 Å². The molecular formula is C83H108Cl2N10O13. The summed E-state index contributed by atoms with van der Waals surface area (Å²) in [5.41, 5.74) is 6.02. The number of hydrogen-bond donors (Lipinski definition) is 10. The van der Waals surface area contributed by atoms with Crippen LogP contribution in [-0.4, -0.2) is 170 Å². The number of methoxy groups -OCH3 is 1. The van der Waals surface area contributed by atoms with Crippen LogP contribution < -0.4 is 42.1 Å². The first-order valence-electron chi connectivity index (χ1n) is 37.4. The fraction of sp³-hybridized carbons (Fsp3) is 0.482. The minimum absolute atomic E-state index is 0.0364. The lowest BCUT2D eigenvalue weighted by atomic mass is 9.78. The quantitative estimate of drug-likeness (QED) is 0.0175. The molecule has 1 saturated heterocycles. The summed E-state index contributed by atoms with van der Waals surface area (Å²) in [5.74, 6) is -6.44. The number of phenols is 2. The normalized spacial score (nSPS) is 24.1. The third kappa shape index (κ3) is 19.3. The molecule has 1 spiro atoms. The molecule has 0 aromatic heterocycles. The van der Waals surface area contributed by atoms with Crippen LogP contribution in [0, 0.1) is 36.5 Å². The monoisotopic (exact) mass is 1520 g/mol. The highest BCUT2D eigenvalue weighted by atomic mass is 35.5. The Labute approximate surface area is 642 Å². The lowest BCUT2D eigenvalue weighted by Crippen LogP contribution is -2.46. The Morgan fingerprint density at radius 1 is 0.806 bits per heavy atom. The van der Waals surface area contributed by atoms with Crippen molar-refractivity contribution in [2.75, 3.05) is 63.7 Å². The zero-order valence-electron chi connectivity index (χ0n) is 64.7. The van der Waals surface area contributed by atoms with Crippen molar-refractivity contribution in [1.29, 1.82) is 0 Å². The lowest BCUT2D eigenvalue weighted by Gasteiger charge is -2.38. The minimum Gasteiger partial charge on any atom is -0.507 e. The maximum atomic E-state index is 14.7. The van der Waals surface area contributed by atoms with E-state index in [1.54, 1.807) is 65.8 Å². The summed E-state index contributed by atoms with van der Waals surface area (Å²) in [6.07, 6.45) is 6.91. The van der Waals surface area contributed by atoms with Gasteiger partial charge in [-0.05, 0) is 125 Å². The van der Waals surface area contributed by atoms with Gasteiger partial charge in [0, 0.05) is 146 Å². The van der Waals surface area contributed by atoms with Gasteiger partial charge in [-0.2, -0.15) is 0 Å². The lowest BCUT2D eigenvalue weighted by molar-refractivity contribution is -0.160. The van der Waals surface area contributed by atoms with Crippen molar-refractivity contribution in [2.45, 2.75) is 177 Å². The SMILES string of the molecule is CC(C)N=c1cc2n(-c3ccc(Cl)cc3)c3ccccc3nc-2cc1Nc1ccc(Cl)cc1.CC[C@@H](CO)NCCN[C@@H](CC)CO.CO[C@H]1/C=C/O[C@@]2(C)Oc3c(C)c(O)c4c(O)c(c5c(c4c3C2=O)=NC2(CCN(CC(C)C)CC2)N=5)NC(=O)/C(C)=C\C=C\[C@H](C)[C@H](O)[C@@H](C)[C@@H](O)[C@@H](C)[C@H](OC(C)=O)[C@@H]1C. The van der Waals surface area contributed by atoms with Crippen LogP contribution in [0.3, 0.4) is 0 Å². The van der Waals surface area contributed by atoms with E-state index in [2.05, 4.69) is 76.6 Å². The molecule has 0 unspecified atom stereocenters. The topological polar surface area (TPSA) is 316 Å². The number of esters is 1.